The number of nitrogens with zero attached hydrogens (tertiary/aromatic N) is 1. The normalized spacial score (nSPS) is 15.7. The Hall–Kier alpha value is -3.86. The molecule has 0 saturated heterocycles. The Bertz CT molecular complexity index is 1340. The van der Waals surface area contributed by atoms with E-state index in [1.54, 1.807) is 11.9 Å². The number of anilines is 1. The van der Waals surface area contributed by atoms with Crippen LogP contribution in [0, 0.1) is 6.92 Å². The van der Waals surface area contributed by atoms with Crippen LogP contribution in [0.2, 0.25) is 0 Å². The number of para-hydroxylation sites is 1. The van der Waals surface area contributed by atoms with Crippen LogP contribution in [-0.2, 0) is 0 Å². The van der Waals surface area contributed by atoms with E-state index in [1.165, 1.54) is 0 Å². The number of hydrogen-bond donors (Lipinski definition) is 1. The van der Waals surface area contributed by atoms with Gasteiger partial charge < -0.3 is 14.6 Å². The first-order valence-electron chi connectivity index (χ1n) is 9.79. The summed E-state index contributed by atoms with van der Waals surface area (Å²) in [6.07, 6.45) is -0.317. The van der Waals surface area contributed by atoms with Crippen molar-refractivity contribution < 1.29 is 9.21 Å². The first kappa shape index (κ1) is 18.2. The molecule has 0 aliphatic carbocycles. The fourth-order valence-electron chi connectivity index (χ4n) is 4.07. The van der Waals surface area contributed by atoms with Crippen LogP contribution in [0.25, 0.3) is 22.1 Å². The minimum absolute atomic E-state index is 0.0309. The lowest BCUT2D eigenvalue weighted by molar-refractivity contribution is 0.0735. The Morgan fingerprint density at radius 3 is 2.43 bits per heavy atom. The largest absolute Gasteiger partial charge is 0.422 e. The SMILES string of the molecule is Cc1cc(C2Nc3ccccc3C(=O)N2C)cc2cc(-c3ccccc3)c(=O)oc12. The van der Waals surface area contributed by atoms with Crippen molar-refractivity contribution >= 4 is 22.6 Å². The van der Waals surface area contributed by atoms with Gasteiger partial charge >= 0.3 is 5.63 Å². The van der Waals surface area contributed by atoms with Crippen molar-refractivity contribution in [3.05, 3.63) is 99.9 Å². The molecule has 1 N–H and O–H groups in total. The average molecular weight is 396 g/mol. The maximum atomic E-state index is 12.9. The van der Waals surface area contributed by atoms with Gasteiger partial charge in [0.15, 0.2) is 0 Å². The van der Waals surface area contributed by atoms with Crippen molar-refractivity contribution in [3.63, 3.8) is 0 Å². The van der Waals surface area contributed by atoms with Crippen molar-refractivity contribution in [3.8, 4) is 11.1 Å². The van der Waals surface area contributed by atoms with E-state index in [1.807, 2.05) is 79.7 Å². The molecule has 0 radical (unpaired) electrons. The van der Waals surface area contributed by atoms with E-state index in [4.69, 9.17) is 4.42 Å². The topological polar surface area (TPSA) is 62.6 Å². The molecule has 5 nitrogen and oxygen atoms in total. The Kier molecular flexibility index (Phi) is 4.17. The summed E-state index contributed by atoms with van der Waals surface area (Å²) < 4.78 is 5.67. The first-order valence-corrected chi connectivity index (χ1v) is 9.79. The predicted octanol–water partition coefficient (Wildman–Crippen LogP) is 4.96. The summed E-state index contributed by atoms with van der Waals surface area (Å²) in [7, 11) is 1.79. The minimum Gasteiger partial charge on any atom is -0.422 e. The highest BCUT2D eigenvalue weighted by atomic mass is 16.4. The molecule has 0 spiro atoms. The van der Waals surface area contributed by atoms with E-state index >= 15 is 0 Å². The maximum absolute atomic E-state index is 12.9. The molecule has 0 fully saturated rings. The van der Waals surface area contributed by atoms with E-state index in [0.717, 1.165) is 27.8 Å². The van der Waals surface area contributed by atoms with Gasteiger partial charge in [-0.1, -0.05) is 42.5 Å². The van der Waals surface area contributed by atoms with Gasteiger partial charge in [0.2, 0.25) is 0 Å². The number of benzene rings is 3. The molecule has 148 valence electrons. The van der Waals surface area contributed by atoms with E-state index in [0.29, 0.717) is 16.7 Å². The molecule has 3 aromatic carbocycles. The lowest BCUT2D eigenvalue weighted by atomic mass is 9.99. The third-order valence-corrected chi connectivity index (χ3v) is 5.60. The number of aryl methyl sites for hydroxylation is 1. The zero-order valence-electron chi connectivity index (χ0n) is 16.7. The van der Waals surface area contributed by atoms with E-state index in [9.17, 15) is 9.59 Å². The summed E-state index contributed by atoms with van der Waals surface area (Å²) in [5, 5.41) is 4.28. The number of carbonyl (C=O) groups excluding carboxylic acids is 1. The number of carbonyl (C=O) groups is 1. The van der Waals surface area contributed by atoms with Crippen LogP contribution in [0.5, 0.6) is 0 Å². The second-order valence-electron chi connectivity index (χ2n) is 7.58. The zero-order valence-corrected chi connectivity index (χ0v) is 16.7. The number of hydrogen-bond acceptors (Lipinski definition) is 4. The molecule has 5 rings (SSSR count). The zero-order chi connectivity index (χ0) is 20.8. The molecule has 1 atom stereocenters. The molecule has 4 aromatic rings. The van der Waals surface area contributed by atoms with E-state index in [-0.39, 0.29) is 17.7 Å². The van der Waals surface area contributed by atoms with E-state index in [2.05, 4.69) is 5.32 Å². The van der Waals surface area contributed by atoms with Crippen LogP contribution in [0.15, 0.2) is 82.0 Å². The molecular weight excluding hydrogens is 376 g/mol. The highest BCUT2D eigenvalue weighted by Crippen LogP contribution is 2.34. The molecular formula is C25H20N2O3. The first-order chi connectivity index (χ1) is 14.5. The summed E-state index contributed by atoms with van der Waals surface area (Å²) in [5.74, 6) is -0.0309. The lowest BCUT2D eigenvalue weighted by Crippen LogP contribution is -2.40. The smallest absolute Gasteiger partial charge is 0.344 e. The second-order valence-corrected chi connectivity index (χ2v) is 7.58. The molecule has 2 heterocycles. The average Bonchev–Trinajstić information content (AvgIpc) is 2.77. The van der Waals surface area contributed by atoms with Gasteiger partial charge in [-0.15, -0.1) is 0 Å². The molecule has 1 amide bonds. The molecule has 5 heteroatoms. The van der Waals surface area contributed by atoms with Crippen molar-refractivity contribution in [2.75, 3.05) is 12.4 Å². The fraction of sp³-hybridized carbons (Fsp3) is 0.120. The van der Waals surface area contributed by atoms with Crippen molar-refractivity contribution in [1.29, 1.82) is 0 Å². The molecule has 1 aliphatic rings. The van der Waals surface area contributed by atoms with Crippen LogP contribution in [0.1, 0.15) is 27.7 Å². The van der Waals surface area contributed by atoms with Crippen LogP contribution in [0.4, 0.5) is 5.69 Å². The van der Waals surface area contributed by atoms with Gasteiger partial charge in [-0.3, -0.25) is 4.79 Å². The lowest BCUT2D eigenvalue weighted by Gasteiger charge is -2.35. The maximum Gasteiger partial charge on any atom is 0.344 e. The molecule has 0 bridgehead atoms. The molecule has 1 aliphatic heterocycles. The predicted molar refractivity (Wildman–Crippen MR) is 118 cm³/mol. The Labute approximate surface area is 173 Å². The van der Waals surface area contributed by atoms with Gasteiger partial charge in [0.1, 0.15) is 11.7 Å². The number of amides is 1. The van der Waals surface area contributed by atoms with Gasteiger partial charge in [0.25, 0.3) is 5.91 Å². The number of nitrogens with one attached hydrogen (secondary N) is 1. The highest BCUT2D eigenvalue weighted by Gasteiger charge is 2.30. The molecule has 1 unspecified atom stereocenters. The molecule has 0 saturated carbocycles. The van der Waals surface area contributed by atoms with Crippen molar-refractivity contribution in [2.24, 2.45) is 0 Å². The van der Waals surface area contributed by atoms with Gasteiger partial charge in [0.05, 0.1) is 11.1 Å². The van der Waals surface area contributed by atoms with Crippen molar-refractivity contribution in [1.82, 2.24) is 4.90 Å². The number of fused-ring (bicyclic) bond motifs is 2. The molecule has 1 aromatic heterocycles. The van der Waals surface area contributed by atoms with Gasteiger partial charge in [-0.2, -0.15) is 0 Å². The Morgan fingerprint density at radius 1 is 0.900 bits per heavy atom. The van der Waals surface area contributed by atoms with Gasteiger partial charge in [0, 0.05) is 18.1 Å². The van der Waals surface area contributed by atoms with Crippen LogP contribution >= 0.6 is 0 Å². The monoisotopic (exact) mass is 396 g/mol. The second kappa shape index (κ2) is 6.88. The van der Waals surface area contributed by atoms with Crippen LogP contribution < -0.4 is 10.9 Å². The quantitative estimate of drug-likeness (QED) is 0.486. The standard InChI is InChI=1S/C25H20N2O3/c1-15-12-18(23-26-21-11-7-6-10-19(21)24(28)27(23)2)13-17-14-20(25(29)30-22(15)17)16-8-4-3-5-9-16/h3-14,23,26H,1-2H3. The van der Waals surface area contributed by atoms with Gasteiger partial charge in [-0.25, -0.2) is 4.79 Å². The number of rotatable bonds is 2. The third kappa shape index (κ3) is 2.87. The summed E-state index contributed by atoms with van der Waals surface area (Å²) in [5.41, 5.74) is 4.78. The van der Waals surface area contributed by atoms with Gasteiger partial charge in [-0.05, 0) is 53.9 Å². The third-order valence-electron chi connectivity index (χ3n) is 5.60. The molecule has 30 heavy (non-hydrogen) atoms. The van der Waals surface area contributed by atoms with Crippen LogP contribution in [0.3, 0.4) is 0 Å². The van der Waals surface area contributed by atoms with E-state index < -0.39 is 0 Å². The summed E-state index contributed by atoms with van der Waals surface area (Å²) >= 11 is 0. The summed E-state index contributed by atoms with van der Waals surface area (Å²) in [6, 6.07) is 22.8. The summed E-state index contributed by atoms with van der Waals surface area (Å²) in [6.45, 7) is 1.91. The minimum atomic E-state index is -0.360. The van der Waals surface area contributed by atoms with Crippen molar-refractivity contribution in [2.45, 2.75) is 13.1 Å². The Balaban J connectivity index is 1.65. The Morgan fingerprint density at radius 2 is 1.63 bits per heavy atom. The highest BCUT2D eigenvalue weighted by molar-refractivity contribution is 6.01. The van der Waals surface area contributed by atoms with Crippen LogP contribution in [-0.4, -0.2) is 17.9 Å². The fourth-order valence-corrected chi connectivity index (χ4v) is 4.07. The summed E-state index contributed by atoms with van der Waals surface area (Å²) in [4.78, 5) is 27.1.